The summed E-state index contributed by atoms with van der Waals surface area (Å²) in [7, 11) is 0. The monoisotopic (exact) mass is 635 g/mol. The van der Waals surface area contributed by atoms with Crippen LogP contribution in [0.25, 0.3) is 82.1 Å². The quantitative estimate of drug-likeness (QED) is 0.181. The van der Waals surface area contributed by atoms with E-state index in [1.165, 1.54) is 0 Å². The highest BCUT2D eigenvalue weighted by atomic mass is 15.0. The number of hydrogen-bond acceptors (Lipinski definition) is 2. The fourth-order valence-electron chi connectivity index (χ4n) is 7.45. The van der Waals surface area contributed by atoms with E-state index >= 15 is 0 Å². The number of nitriles is 2. The second-order valence-electron chi connectivity index (χ2n) is 12.3. The number of rotatable bonds is 4. The van der Waals surface area contributed by atoms with Crippen LogP contribution in [0.2, 0.25) is 0 Å². The van der Waals surface area contributed by atoms with E-state index in [0.717, 1.165) is 77.2 Å². The fraction of sp³-hybridized carbons (Fsp3) is 0. The summed E-state index contributed by atoms with van der Waals surface area (Å²) < 4.78 is 4.41. The van der Waals surface area contributed by atoms with Gasteiger partial charge in [0.25, 0.3) is 0 Å². The van der Waals surface area contributed by atoms with Crippen molar-refractivity contribution < 1.29 is 0 Å². The molecule has 230 valence electrons. The minimum atomic E-state index is 0.554. The average Bonchev–Trinajstić information content (AvgIpc) is 3.69. The SMILES string of the molecule is [C-]#[N+]c1ccc2c(c1)c1ccccc1n2-c1ccc(-c2ccccc2-c2ccccc2-n2c3ccccc3c3cc(C#N)ccc32)cc1C#N. The number of para-hydroxylation sites is 3. The maximum atomic E-state index is 10.6. The zero-order chi connectivity index (χ0) is 33.8. The van der Waals surface area contributed by atoms with E-state index in [4.69, 9.17) is 6.57 Å². The molecule has 7 aromatic carbocycles. The molecule has 0 fully saturated rings. The molecule has 9 aromatic rings. The van der Waals surface area contributed by atoms with Gasteiger partial charge in [-0.1, -0.05) is 91.0 Å². The van der Waals surface area contributed by atoms with Crippen LogP contribution in [-0.2, 0) is 0 Å². The molecular weight excluding hydrogens is 611 g/mol. The van der Waals surface area contributed by atoms with Gasteiger partial charge in [-0.15, -0.1) is 0 Å². The molecule has 0 aliphatic carbocycles. The van der Waals surface area contributed by atoms with Crippen molar-refractivity contribution in [3.8, 4) is 45.8 Å². The van der Waals surface area contributed by atoms with Gasteiger partial charge in [0.1, 0.15) is 6.07 Å². The summed E-state index contributed by atoms with van der Waals surface area (Å²) in [6, 6.07) is 55.7. The third-order valence-electron chi connectivity index (χ3n) is 9.62. The fourth-order valence-corrected chi connectivity index (χ4v) is 7.45. The first kappa shape index (κ1) is 28.8. The third-order valence-corrected chi connectivity index (χ3v) is 9.62. The molecule has 50 heavy (non-hydrogen) atoms. The summed E-state index contributed by atoms with van der Waals surface area (Å²) >= 11 is 0. The second-order valence-corrected chi connectivity index (χ2v) is 12.3. The van der Waals surface area contributed by atoms with Crippen LogP contribution in [0.15, 0.2) is 152 Å². The van der Waals surface area contributed by atoms with Crippen molar-refractivity contribution in [1.82, 2.24) is 9.13 Å². The molecule has 5 heteroatoms. The normalized spacial score (nSPS) is 11.1. The van der Waals surface area contributed by atoms with Gasteiger partial charge in [0.05, 0.1) is 57.2 Å². The summed E-state index contributed by atoms with van der Waals surface area (Å²) in [5.74, 6) is 0. The Labute approximate surface area is 288 Å². The van der Waals surface area contributed by atoms with Gasteiger partial charge in [-0.2, -0.15) is 10.5 Å². The summed E-state index contributed by atoms with van der Waals surface area (Å²) in [5.41, 5.74) is 11.7. The van der Waals surface area contributed by atoms with E-state index in [9.17, 15) is 10.5 Å². The Kier molecular flexibility index (Phi) is 6.56. The Morgan fingerprint density at radius 3 is 1.74 bits per heavy atom. The van der Waals surface area contributed by atoms with Gasteiger partial charge in [0.2, 0.25) is 0 Å². The lowest BCUT2D eigenvalue weighted by atomic mass is 9.92. The first-order valence-corrected chi connectivity index (χ1v) is 16.3. The van der Waals surface area contributed by atoms with Crippen molar-refractivity contribution in [2.45, 2.75) is 0 Å². The topological polar surface area (TPSA) is 61.8 Å². The molecular formula is C45H25N5. The molecule has 0 radical (unpaired) electrons. The van der Waals surface area contributed by atoms with Gasteiger partial charge in [-0.3, -0.25) is 0 Å². The molecule has 0 amide bonds. The van der Waals surface area contributed by atoms with Gasteiger partial charge in [-0.25, -0.2) is 4.85 Å². The Morgan fingerprint density at radius 2 is 1.04 bits per heavy atom. The van der Waals surface area contributed by atoms with E-state index in [-0.39, 0.29) is 0 Å². The first-order valence-electron chi connectivity index (χ1n) is 16.3. The van der Waals surface area contributed by atoms with Crippen molar-refractivity contribution in [2.75, 3.05) is 0 Å². The van der Waals surface area contributed by atoms with E-state index in [1.807, 2.05) is 78.9 Å². The largest absolute Gasteiger partial charge is 0.309 e. The second kappa shape index (κ2) is 11.4. The average molecular weight is 636 g/mol. The zero-order valence-corrected chi connectivity index (χ0v) is 26.7. The van der Waals surface area contributed by atoms with Crippen molar-refractivity contribution in [3.05, 3.63) is 174 Å². The summed E-state index contributed by atoms with van der Waals surface area (Å²) in [6.07, 6.45) is 0. The molecule has 2 aromatic heterocycles. The molecule has 0 aliphatic rings. The van der Waals surface area contributed by atoms with Crippen molar-refractivity contribution >= 4 is 49.3 Å². The lowest BCUT2D eigenvalue weighted by Gasteiger charge is -2.18. The molecule has 2 heterocycles. The van der Waals surface area contributed by atoms with Gasteiger partial charge in [-0.05, 0) is 82.7 Å². The number of hydrogen-bond donors (Lipinski definition) is 0. The molecule has 0 saturated carbocycles. The summed E-state index contributed by atoms with van der Waals surface area (Å²) in [5, 5.41) is 24.4. The van der Waals surface area contributed by atoms with E-state index < -0.39 is 0 Å². The van der Waals surface area contributed by atoms with Crippen LogP contribution in [0.5, 0.6) is 0 Å². The predicted molar refractivity (Wildman–Crippen MR) is 202 cm³/mol. The lowest BCUT2D eigenvalue weighted by Crippen LogP contribution is -1.99. The molecule has 0 N–H and O–H groups in total. The van der Waals surface area contributed by atoms with Crippen molar-refractivity contribution in [1.29, 1.82) is 10.5 Å². The summed E-state index contributed by atoms with van der Waals surface area (Å²) in [6.45, 7) is 7.55. The minimum absolute atomic E-state index is 0.554. The van der Waals surface area contributed by atoms with Crippen molar-refractivity contribution in [2.24, 2.45) is 0 Å². The van der Waals surface area contributed by atoms with E-state index in [0.29, 0.717) is 16.8 Å². The standard InChI is InChI=1S/C45H25N5/c1-48-32-20-23-45-39(26-32)37-14-6-8-16-42(37)49(45)40-22-19-30(25-31(40)28-47)33-10-2-3-11-34(33)35-12-4-7-15-41(35)50-43-17-9-5-13-36(43)38-24-29(27-46)18-21-44(38)50/h2-26H. The maximum absolute atomic E-state index is 10.6. The van der Waals surface area contributed by atoms with Crippen LogP contribution in [0.4, 0.5) is 5.69 Å². The predicted octanol–water partition coefficient (Wildman–Crippen LogP) is 11.5. The molecule has 0 atom stereocenters. The molecule has 0 aliphatic heterocycles. The Morgan fingerprint density at radius 1 is 0.460 bits per heavy atom. The van der Waals surface area contributed by atoms with Gasteiger partial charge < -0.3 is 9.13 Å². The van der Waals surface area contributed by atoms with E-state index in [1.54, 1.807) is 0 Å². The van der Waals surface area contributed by atoms with Crippen LogP contribution in [0, 0.1) is 29.2 Å². The van der Waals surface area contributed by atoms with Crippen LogP contribution in [0.3, 0.4) is 0 Å². The number of benzene rings is 7. The van der Waals surface area contributed by atoms with Crippen LogP contribution in [-0.4, -0.2) is 9.13 Å². The number of aromatic nitrogens is 2. The highest BCUT2D eigenvalue weighted by Gasteiger charge is 2.20. The lowest BCUT2D eigenvalue weighted by molar-refractivity contribution is 1.17. The maximum Gasteiger partial charge on any atom is 0.188 e. The smallest absolute Gasteiger partial charge is 0.188 e. The van der Waals surface area contributed by atoms with E-state index in [2.05, 4.69) is 98.9 Å². The molecule has 0 unspecified atom stereocenters. The molecule has 0 bridgehead atoms. The summed E-state index contributed by atoms with van der Waals surface area (Å²) in [4.78, 5) is 3.66. The molecule has 0 spiro atoms. The molecule has 5 nitrogen and oxygen atoms in total. The highest BCUT2D eigenvalue weighted by Crippen LogP contribution is 2.41. The Bertz CT molecular complexity index is 2970. The minimum Gasteiger partial charge on any atom is -0.309 e. The Balaban J connectivity index is 1.24. The third kappa shape index (κ3) is 4.31. The first-order chi connectivity index (χ1) is 24.7. The van der Waals surface area contributed by atoms with Gasteiger partial charge >= 0.3 is 0 Å². The molecule has 9 rings (SSSR count). The number of nitrogens with zero attached hydrogens (tertiary/aromatic N) is 5. The molecule has 0 saturated heterocycles. The highest BCUT2D eigenvalue weighted by molar-refractivity contribution is 6.11. The Hall–Kier alpha value is -7.39. The van der Waals surface area contributed by atoms with Crippen molar-refractivity contribution in [3.63, 3.8) is 0 Å². The van der Waals surface area contributed by atoms with Gasteiger partial charge in [0, 0.05) is 21.7 Å². The van der Waals surface area contributed by atoms with Crippen LogP contribution < -0.4 is 0 Å². The van der Waals surface area contributed by atoms with Crippen LogP contribution >= 0.6 is 0 Å². The van der Waals surface area contributed by atoms with Crippen LogP contribution in [0.1, 0.15) is 11.1 Å². The zero-order valence-electron chi connectivity index (χ0n) is 26.7. The number of fused-ring (bicyclic) bond motifs is 6. The van der Waals surface area contributed by atoms with Gasteiger partial charge in [0.15, 0.2) is 5.69 Å².